The Morgan fingerprint density at radius 1 is 1.14 bits per heavy atom. The van der Waals surface area contributed by atoms with Crippen LogP contribution in [0.2, 0.25) is 0 Å². The summed E-state index contributed by atoms with van der Waals surface area (Å²) in [5.41, 5.74) is 1.17. The van der Waals surface area contributed by atoms with Crippen LogP contribution in [0.5, 0.6) is 5.75 Å². The number of nitrogens with one attached hydrogen (secondary N) is 2. The van der Waals surface area contributed by atoms with Gasteiger partial charge in [-0.25, -0.2) is 4.99 Å². The van der Waals surface area contributed by atoms with E-state index in [0.717, 1.165) is 50.9 Å². The maximum Gasteiger partial charge on any atom is 0.191 e. The Hall–Kier alpha value is -1.79. The van der Waals surface area contributed by atoms with Gasteiger partial charge in [0.1, 0.15) is 5.75 Å². The van der Waals surface area contributed by atoms with Crippen LogP contribution in [0, 0.1) is 0 Å². The molecule has 1 saturated heterocycles. The molecule has 0 spiro atoms. The number of hydrogen-bond donors (Lipinski definition) is 2. The summed E-state index contributed by atoms with van der Waals surface area (Å²) in [5, 5.41) is 7.02. The smallest absolute Gasteiger partial charge is 0.191 e. The van der Waals surface area contributed by atoms with Crippen molar-refractivity contribution in [1.29, 1.82) is 0 Å². The van der Waals surface area contributed by atoms with Crippen molar-refractivity contribution in [1.82, 2.24) is 15.5 Å². The molecule has 1 fully saturated rings. The predicted molar refractivity (Wildman–Crippen MR) is 116 cm³/mol. The van der Waals surface area contributed by atoms with Crippen molar-refractivity contribution >= 4 is 5.96 Å². The minimum absolute atomic E-state index is 0.568. The Bertz CT molecular complexity index is 556. The van der Waals surface area contributed by atoms with Crippen LogP contribution in [0.25, 0.3) is 0 Å². The zero-order valence-corrected chi connectivity index (χ0v) is 17.9. The Labute approximate surface area is 170 Å². The van der Waals surface area contributed by atoms with Gasteiger partial charge in [0, 0.05) is 32.3 Å². The summed E-state index contributed by atoms with van der Waals surface area (Å²) < 4.78 is 10.7. The highest BCUT2D eigenvalue weighted by molar-refractivity contribution is 5.79. The maximum absolute atomic E-state index is 5.43. The van der Waals surface area contributed by atoms with E-state index in [1.807, 2.05) is 19.1 Å². The van der Waals surface area contributed by atoms with E-state index in [9.17, 15) is 0 Å². The second kappa shape index (κ2) is 13.4. The first kappa shape index (κ1) is 22.5. The van der Waals surface area contributed by atoms with Crippen LogP contribution in [-0.4, -0.2) is 63.4 Å². The van der Waals surface area contributed by atoms with E-state index >= 15 is 0 Å². The van der Waals surface area contributed by atoms with Crippen molar-refractivity contribution < 1.29 is 9.47 Å². The van der Waals surface area contributed by atoms with Crippen LogP contribution in [0.4, 0.5) is 0 Å². The second-order valence-corrected chi connectivity index (χ2v) is 7.18. The van der Waals surface area contributed by atoms with E-state index in [2.05, 4.69) is 34.6 Å². The number of hydrogen-bond acceptors (Lipinski definition) is 4. The Morgan fingerprint density at radius 3 is 2.54 bits per heavy atom. The van der Waals surface area contributed by atoms with Gasteiger partial charge in [-0.05, 0) is 63.4 Å². The molecule has 158 valence electrons. The average molecular weight is 391 g/mol. The fraction of sp³-hybridized carbons (Fsp3) is 0.682. The van der Waals surface area contributed by atoms with Crippen molar-refractivity contribution in [3.63, 3.8) is 0 Å². The van der Waals surface area contributed by atoms with Gasteiger partial charge in [0.05, 0.1) is 13.7 Å². The molecule has 0 aliphatic carbocycles. The van der Waals surface area contributed by atoms with Gasteiger partial charge in [0.15, 0.2) is 5.96 Å². The van der Waals surface area contributed by atoms with Crippen LogP contribution in [0.3, 0.4) is 0 Å². The molecule has 1 heterocycles. The highest BCUT2D eigenvalue weighted by Gasteiger charge is 2.20. The molecule has 1 unspecified atom stereocenters. The molecule has 1 aromatic carbocycles. The molecule has 1 atom stereocenters. The zero-order chi connectivity index (χ0) is 20.0. The van der Waals surface area contributed by atoms with E-state index in [1.165, 1.54) is 31.5 Å². The number of likely N-dealkylation sites (tertiary alicyclic amines) is 1. The lowest BCUT2D eigenvalue weighted by atomic mass is 10.2. The quantitative estimate of drug-likeness (QED) is 0.326. The molecule has 1 aromatic rings. The lowest BCUT2D eigenvalue weighted by molar-refractivity contribution is 0.145. The van der Waals surface area contributed by atoms with Gasteiger partial charge < -0.3 is 20.1 Å². The molecule has 0 radical (unpaired) electrons. The lowest BCUT2D eigenvalue weighted by Gasteiger charge is -2.27. The molecule has 2 N–H and O–H groups in total. The summed E-state index contributed by atoms with van der Waals surface area (Å²) in [7, 11) is 1.69. The molecule has 0 saturated carbocycles. The number of guanidine groups is 1. The second-order valence-electron chi connectivity index (χ2n) is 7.18. The highest BCUT2D eigenvalue weighted by atomic mass is 16.5. The van der Waals surface area contributed by atoms with Gasteiger partial charge in [0.2, 0.25) is 0 Å². The van der Waals surface area contributed by atoms with Gasteiger partial charge in [-0.1, -0.05) is 19.1 Å². The fourth-order valence-corrected chi connectivity index (χ4v) is 3.45. The summed E-state index contributed by atoms with van der Waals surface area (Å²) in [6.07, 6.45) is 4.78. The average Bonchev–Trinajstić information content (AvgIpc) is 3.26. The third-order valence-electron chi connectivity index (χ3n) is 5.17. The van der Waals surface area contributed by atoms with Gasteiger partial charge in [0.25, 0.3) is 0 Å². The zero-order valence-electron chi connectivity index (χ0n) is 17.9. The van der Waals surface area contributed by atoms with E-state index in [0.29, 0.717) is 12.6 Å². The molecule has 2 rings (SSSR count). The summed E-state index contributed by atoms with van der Waals surface area (Å²) in [6.45, 7) is 10.7. The minimum atomic E-state index is 0.568. The molecule has 1 aliphatic heterocycles. The summed E-state index contributed by atoms with van der Waals surface area (Å²) in [4.78, 5) is 7.39. The fourth-order valence-electron chi connectivity index (χ4n) is 3.45. The number of ether oxygens (including phenoxy) is 2. The van der Waals surface area contributed by atoms with Gasteiger partial charge in [-0.3, -0.25) is 4.90 Å². The highest BCUT2D eigenvalue weighted by Crippen LogP contribution is 2.14. The molecule has 28 heavy (non-hydrogen) atoms. The largest absolute Gasteiger partial charge is 0.497 e. The Kier molecular flexibility index (Phi) is 10.8. The first-order valence-corrected chi connectivity index (χ1v) is 10.7. The lowest BCUT2D eigenvalue weighted by Crippen LogP contribution is -2.46. The van der Waals surface area contributed by atoms with E-state index in [1.54, 1.807) is 7.11 Å². The van der Waals surface area contributed by atoms with Crippen molar-refractivity contribution in [2.45, 2.75) is 52.1 Å². The van der Waals surface area contributed by atoms with Crippen LogP contribution in [0.15, 0.2) is 29.3 Å². The number of benzene rings is 1. The molecule has 0 bridgehead atoms. The number of aliphatic imine (C=N–C) groups is 1. The minimum Gasteiger partial charge on any atom is -0.497 e. The first-order chi connectivity index (χ1) is 13.8. The Morgan fingerprint density at radius 2 is 1.89 bits per heavy atom. The molecule has 1 aliphatic rings. The molecular weight excluding hydrogens is 352 g/mol. The number of nitrogens with zero attached hydrogens (tertiary/aromatic N) is 2. The van der Waals surface area contributed by atoms with Gasteiger partial charge in [-0.2, -0.15) is 0 Å². The van der Waals surface area contributed by atoms with Crippen molar-refractivity contribution in [3.8, 4) is 5.75 Å². The van der Waals surface area contributed by atoms with Crippen LogP contribution >= 0.6 is 0 Å². The maximum atomic E-state index is 5.43. The van der Waals surface area contributed by atoms with Gasteiger partial charge in [-0.15, -0.1) is 0 Å². The van der Waals surface area contributed by atoms with Crippen molar-refractivity contribution in [2.24, 2.45) is 4.99 Å². The van der Waals surface area contributed by atoms with Crippen LogP contribution in [0.1, 0.15) is 45.1 Å². The molecule has 6 heteroatoms. The van der Waals surface area contributed by atoms with Gasteiger partial charge >= 0.3 is 0 Å². The van der Waals surface area contributed by atoms with Crippen molar-refractivity contribution in [2.75, 3.05) is 46.5 Å². The summed E-state index contributed by atoms with van der Waals surface area (Å²) >= 11 is 0. The number of methoxy groups -OCH3 is 1. The van der Waals surface area contributed by atoms with E-state index < -0.39 is 0 Å². The summed E-state index contributed by atoms with van der Waals surface area (Å²) in [5.74, 6) is 1.75. The predicted octanol–water partition coefficient (Wildman–Crippen LogP) is 3.03. The third kappa shape index (κ3) is 8.07. The van der Waals surface area contributed by atoms with Crippen LogP contribution in [-0.2, 0) is 11.3 Å². The number of rotatable bonds is 12. The molecule has 0 amide bonds. The topological polar surface area (TPSA) is 58.1 Å². The SMILES string of the molecule is CCOCCCNC(=NCc1ccc(OC)cc1)NCC(CC)N1CCCC1. The molecule has 0 aromatic heterocycles. The molecule has 6 nitrogen and oxygen atoms in total. The molecular formula is C22H38N4O2. The standard InChI is InChI=1S/C22H38N4O2/c1-4-20(26-14-6-7-15-26)18-25-22(23-13-8-16-28-5-2)24-17-19-9-11-21(27-3)12-10-19/h9-12,20H,4-8,13-18H2,1-3H3,(H2,23,24,25). The third-order valence-corrected chi connectivity index (χ3v) is 5.17. The first-order valence-electron chi connectivity index (χ1n) is 10.7. The summed E-state index contributed by atoms with van der Waals surface area (Å²) in [6, 6.07) is 8.66. The van der Waals surface area contributed by atoms with E-state index in [4.69, 9.17) is 14.5 Å². The van der Waals surface area contributed by atoms with E-state index in [-0.39, 0.29) is 0 Å². The monoisotopic (exact) mass is 390 g/mol. The normalized spacial score (nSPS) is 16.2. The van der Waals surface area contributed by atoms with Crippen molar-refractivity contribution in [3.05, 3.63) is 29.8 Å². The Balaban J connectivity index is 1.89. The van der Waals surface area contributed by atoms with Crippen LogP contribution < -0.4 is 15.4 Å².